The third-order valence-corrected chi connectivity index (χ3v) is 7.20. The number of amides is 3. The zero-order valence-electron chi connectivity index (χ0n) is 17.5. The lowest BCUT2D eigenvalue weighted by atomic mass is 9.96. The third kappa shape index (κ3) is 6.24. The summed E-state index contributed by atoms with van der Waals surface area (Å²) >= 11 is 0. The van der Waals surface area contributed by atoms with Crippen LogP contribution in [-0.4, -0.2) is 69.6 Å². The number of esters is 1. The fourth-order valence-corrected chi connectivity index (χ4v) is 5.10. The maximum atomic E-state index is 14.2. The summed E-state index contributed by atoms with van der Waals surface area (Å²) in [6.07, 6.45) is 4.83. The van der Waals surface area contributed by atoms with Gasteiger partial charge in [0.1, 0.15) is 10.7 Å². The van der Waals surface area contributed by atoms with Crippen LogP contribution in [0.1, 0.15) is 42.5 Å². The number of hydrogen-bond donors (Lipinski definition) is 2. The summed E-state index contributed by atoms with van der Waals surface area (Å²) in [7, 11) is -4.17. The van der Waals surface area contributed by atoms with Crippen LogP contribution in [0.4, 0.5) is 9.18 Å². The largest absolute Gasteiger partial charge is 0.452 e. The first kappa shape index (κ1) is 24.1. The normalized spacial score (nSPS) is 18.0. The van der Waals surface area contributed by atoms with Gasteiger partial charge in [0.2, 0.25) is 10.0 Å². The van der Waals surface area contributed by atoms with Crippen molar-refractivity contribution in [1.29, 1.82) is 0 Å². The van der Waals surface area contributed by atoms with E-state index in [1.54, 1.807) is 0 Å². The first-order valence-electron chi connectivity index (χ1n) is 10.4. The van der Waals surface area contributed by atoms with Crippen LogP contribution in [-0.2, 0) is 24.3 Å². The van der Waals surface area contributed by atoms with E-state index in [1.165, 1.54) is 0 Å². The van der Waals surface area contributed by atoms with Crippen LogP contribution in [0.5, 0.6) is 0 Å². The maximum absolute atomic E-state index is 14.2. The molecule has 1 aliphatic carbocycles. The van der Waals surface area contributed by atoms with Crippen LogP contribution in [0.3, 0.4) is 0 Å². The first-order chi connectivity index (χ1) is 15.3. The number of nitrogens with zero attached hydrogens (tertiary/aromatic N) is 1. The molecule has 12 heteroatoms. The summed E-state index contributed by atoms with van der Waals surface area (Å²) in [5.74, 6) is -2.87. The van der Waals surface area contributed by atoms with E-state index in [4.69, 9.17) is 9.47 Å². The van der Waals surface area contributed by atoms with Crippen molar-refractivity contribution < 1.29 is 36.7 Å². The average molecular weight is 472 g/mol. The Hall–Kier alpha value is -2.57. The quantitative estimate of drug-likeness (QED) is 0.595. The minimum absolute atomic E-state index is 0.00477. The van der Waals surface area contributed by atoms with Crippen LogP contribution in [0, 0.1) is 5.82 Å². The Balaban J connectivity index is 1.56. The predicted molar refractivity (Wildman–Crippen MR) is 110 cm³/mol. The summed E-state index contributed by atoms with van der Waals surface area (Å²) in [6, 6.07) is 2.12. The van der Waals surface area contributed by atoms with E-state index in [0.717, 1.165) is 54.6 Å². The first-order valence-corrected chi connectivity index (χ1v) is 11.9. The molecule has 1 heterocycles. The molecule has 3 rings (SSSR count). The molecule has 2 aliphatic rings. The lowest BCUT2D eigenvalue weighted by molar-refractivity contribution is -0.123. The number of imide groups is 1. The highest BCUT2D eigenvalue weighted by atomic mass is 32.2. The summed E-state index contributed by atoms with van der Waals surface area (Å²) in [6.45, 7) is -0.239. The molecule has 1 aliphatic heterocycles. The SMILES string of the molecule is O=C(COC(=O)c1ccc(F)c(S(=O)(=O)N2CCOCC2)c1)NC(=O)NC1CCCCC1. The molecule has 1 aromatic carbocycles. The Morgan fingerprint density at radius 3 is 2.50 bits per heavy atom. The maximum Gasteiger partial charge on any atom is 0.338 e. The molecule has 0 radical (unpaired) electrons. The van der Waals surface area contributed by atoms with E-state index in [0.29, 0.717) is 0 Å². The third-order valence-electron chi connectivity index (χ3n) is 5.28. The Morgan fingerprint density at radius 1 is 1.12 bits per heavy atom. The molecule has 2 fully saturated rings. The second kappa shape index (κ2) is 10.8. The molecule has 1 saturated heterocycles. The summed E-state index contributed by atoms with van der Waals surface area (Å²) in [4.78, 5) is 35.4. The van der Waals surface area contributed by atoms with Gasteiger partial charge in [-0.3, -0.25) is 10.1 Å². The van der Waals surface area contributed by atoms with Crippen LogP contribution in [0.25, 0.3) is 0 Å². The molecule has 1 aromatic rings. The van der Waals surface area contributed by atoms with E-state index in [9.17, 15) is 27.2 Å². The van der Waals surface area contributed by atoms with Gasteiger partial charge in [0.05, 0.1) is 18.8 Å². The molecule has 0 atom stereocenters. The van der Waals surface area contributed by atoms with Crippen molar-refractivity contribution in [3.05, 3.63) is 29.6 Å². The molecule has 0 aromatic heterocycles. The number of sulfonamides is 1. The number of morpholine rings is 1. The number of rotatable bonds is 6. The molecule has 0 bridgehead atoms. The minimum atomic E-state index is -4.17. The van der Waals surface area contributed by atoms with Gasteiger partial charge in [-0.25, -0.2) is 22.4 Å². The number of carbonyl (C=O) groups excluding carboxylic acids is 3. The van der Waals surface area contributed by atoms with E-state index in [-0.39, 0.29) is 37.9 Å². The number of carbonyl (C=O) groups is 3. The molecule has 2 N–H and O–H groups in total. The Labute approximate surface area is 185 Å². The van der Waals surface area contributed by atoms with Crippen molar-refractivity contribution in [3.8, 4) is 0 Å². The second-order valence-electron chi connectivity index (χ2n) is 7.59. The topological polar surface area (TPSA) is 131 Å². The molecule has 1 saturated carbocycles. The fraction of sp³-hybridized carbons (Fsp3) is 0.550. The minimum Gasteiger partial charge on any atom is -0.452 e. The standard InChI is InChI=1S/C20H26FN3O7S/c21-16-7-6-14(12-17(16)32(28,29)24-8-10-30-11-9-24)19(26)31-13-18(25)23-20(27)22-15-4-2-1-3-5-15/h6-7,12,15H,1-5,8-11,13H2,(H2,22,23,25,27). The van der Waals surface area contributed by atoms with Gasteiger partial charge in [-0.2, -0.15) is 4.31 Å². The summed E-state index contributed by atoms with van der Waals surface area (Å²) in [5.41, 5.74) is -0.238. The van der Waals surface area contributed by atoms with Gasteiger partial charge in [-0.1, -0.05) is 19.3 Å². The van der Waals surface area contributed by atoms with E-state index >= 15 is 0 Å². The zero-order chi connectivity index (χ0) is 23.1. The number of halogens is 1. The van der Waals surface area contributed by atoms with Crippen molar-refractivity contribution in [2.45, 2.75) is 43.0 Å². The summed E-state index contributed by atoms with van der Waals surface area (Å²) in [5, 5.41) is 4.78. The van der Waals surface area contributed by atoms with Crippen molar-refractivity contribution in [1.82, 2.24) is 14.9 Å². The average Bonchev–Trinajstić information content (AvgIpc) is 2.79. The van der Waals surface area contributed by atoms with Crippen LogP contribution in [0.15, 0.2) is 23.1 Å². The molecule has 176 valence electrons. The van der Waals surface area contributed by atoms with Gasteiger partial charge in [0.15, 0.2) is 6.61 Å². The van der Waals surface area contributed by atoms with Gasteiger partial charge >= 0.3 is 12.0 Å². The van der Waals surface area contributed by atoms with E-state index in [1.807, 2.05) is 0 Å². The molecule has 3 amide bonds. The van der Waals surface area contributed by atoms with Crippen molar-refractivity contribution in [2.75, 3.05) is 32.9 Å². The Bertz CT molecular complexity index is 958. The van der Waals surface area contributed by atoms with Gasteiger partial charge in [0, 0.05) is 19.1 Å². The van der Waals surface area contributed by atoms with Crippen LogP contribution in [0.2, 0.25) is 0 Å². The lowest BCUT2D eigenvalue weighted by Crippen LogP contribution is -2.46. The highest BCUT2D eigenvalue weighted by Gasteiger charge is 2.30. The number of benzene rings is 1. The van der Waals surface area contributed by atoms with E-state index < -0.39 is 45.3 Å². The molecule has 0 unspecified atom stereocenters. The highest BCUT2D eigenvalue weighted by molar-refractivity contribution is 7.89. The molecule has 10 nitrogen and oxygen atoms in total. The fourth-order valence-electron chi connectivity index (χ4n) is 3.60. The Morgan fingerprint density at radius 2 is 1.81 bits per heavy atom. The molecular weight excluding hydrogens is 445 g/mol. The van der Waals surface area contributed by atoms with Crippen molar-refractivity contribution in [2.24, 2.45) is 0 Å². The van der Waals surface area contributed by atoms with Gasteiger partial charge in [0.25, 0.3) is 5.91 Å². The van der Waals surface area contributed by atoms with Gasteiger partial charge in [-0.15, -0.1) is 0 Å². The summed E-state index contributed by atoms with van der Waals surface area (Å²) < 4.78 is 50.7. The van der Waals surface area contributed by atoms with Crippen LogP contribution >= 0.6 is 0 Å². The number of ether oxygens (including phenoxy) is 2. The molecule has 32 heavy (non-hydrogen) atoms. The predicted octanol–water partition coefficient (Wildman–Crippen LogP) is 1.16. The second-order valence-corrected chi connectivity index (χ2v) is 9.50. The highest BCUT2D eigenvalue weighted by Crippen LogP contribution is 2.22. The molecular formula is C20H26FN3O7S. The van der Waals surface area contributed by atoms with Gasteiger partial charge in [-0.05, 0) is 31.0 Å². The van der Waals surface area contributed by atoms with Crippen LogP contribution < -0.4 is 10.6 Å². The Kier molecular flexibility index (Phi) is 8.15. The van der Waals surface area contributed by atoms with Crippen molar-refractivity contribution >= 4 is 27.9 Å². The van der Waals surface area contributed by atoms with E-state index in [2.05, 4.69) is 10.6 Å². The number of urea groups is 1. The number of nitrogens with one attached hydrogen (secondary N) is 2. The smallest absolute Gasteiger partial charge is 0.338 e. The number of hydrogen-bond acceptors (Lipinski definition) is 7. The zero-order valence-corrected chi connectivity index (χ0v) is 18.3. The lowest BCUT2D eigenvalue weighted by Gasteiger charge is -2.26. The van der Waals surface area contributed by atoms with Gasteiger partial charge < -0.3 is 14.8 Å². The van der Waals surface area contributed by atoms with Crippen molar-refractivity contribution in [3.63, 3.8) is 0 Å². The molecule has 0 spiro atoms. The monoisotopic (exact) mass is 471 g/mol.